The van der Waals surface area contributed by atoms with Gasteiger partial charge in [-0.3, -0.25) is 0 Å². The minimum Gasteiger partial charge on any atom is -0.398 e. The van der Waals surface area contributed by atoms with E-state index in [9.17, 15) is 0 Å². The van der Waals surface area contributed by atoms with Crippen LogP contribution in [0.4, 0.5) is 0 Å². The molecule has 0 aliphatic rings. The van der Waals surface area contributed by atoms with Crippen molar-refractivity contribution in [1.82, 2.24) is 0 Å². The van der Waals surface area contributed by atoms with Crippen molar-refractivity contribution >= 4 is 0 Å². The molecule has 0 amide bonds. The Bertz CT molecular complexity index is 471. The lowest BCUT2D eigenvalue weighted by atomic mass is 10.1. The summed E-state index contributed by atoms with van der Waals surface area (Å²) in [5.41, 5.74) is 8.09. The molecule has 0 bridgehead atoms. The highest BCUT2D eigenvalue weighted by Crippen LogP contribution is 2.03. The van der Waals surface area contributed by atoms with Gasteiger partial charge in [0.05, 0.1) is 0 Å². The van der Waals surface area contributed by atoms with Crippen LogP contribution in [0.5, 0.6) is 0 Å². The smallest absolute Gasteiger partial charge is 0.0475 e. The average Bonchev–Trinajstić information content (AvgIpc) is 2.38. The predicted molar refractivity (Wildman–Crippen MR) is 81.7 cm³/mol. The van der Waals surface area contributed by atoms with Crippen LogP contribution in [0, 0.1) is 11.8 Å². The largest absolute Gasteiger partial charge is 0.398 e. The number of hydrogen-bond acceptors (Lipinski definition) is 1. The van der Waals surface area contributed by atoms with Gasteiger partial charge in [0.1, 0.15) is 0 Å². The van der Waals surface area contributed by atoms with Gasteiger partial charge in [0.2, 0.25) is 0 Å². The van der Waals surface area contributed by atoms with Gasteiger partial charge in [-0.1, -0.05) is 54.9 Å². The van der Waals surface area contributed by atoms with E-state index < -0.39 is 0 Å². The highest BCUT2D eigenvalue weighted by Gasteiger charge is 1.93. The van der Waals surface area contributed by atoms with Gasteiger partial charge < -0.3 is 5.73 Å². The molecule has 94 valence electrons. The second-order valence-corrected chi connectivity index (χ2v) is 3.51. The lowest BCUT2D eigenvalue weighted by molar-refractivity contribution is 1.34. The van der Waals surface area contributed by atoms with Gasteiger partial charge in [-0.25, -0.2) is 0 Å². The van der Waals surface area contributed by atoms with Gasteiger partial charge in [-0.15, -0.1) is 0 Å². The zero-order chi connectivity index (χ0) is 13.8. The molecular weight excluding hydrogens is 218 g/mol. The van der Waals surface area contributed by atoms with Crippen LogP contribution in [0.3, 0.4) is 0 Å². The Morgan fingerprint density at radius 1 is 1.00 bits per heavy atom. The molecular formula is C17H21N. The summed E-state index contributed by atoms with van der Waals surface area (Å²) in [6.07, 6.45) is 15.2. The van der Waals surface area contributed by atoms with Crippen LogP contribution in [0.15, 0.2) is 72.0 Å². The van der Waals surface area contributed by atoms with Crippen LogP contribution in [0.1, 0.15) is 20.8 Å². The fourth-order valence-corrected chi connectivity index (χ4v) is 1.03. The van der Waals surface area contributed by atoms with Gasteiger partial charge in [-0.05, 0) is 32.9 Å². The first kappa shape index (κ1) is 15.8. The summed E-state index contributed by atoms with van der Waals surface area (Å²) in [6.45, 7) is 9.67. The summed E-state index contributed by atoms with van der Waals surface area (Å²) in [5.74, 6) is 6.00. The van der Waals surface area contributed by atoms with E-state index in [0.717, 1.165) is 11.1 Å². The minimum atomic E-state index is 0.672. The van der Waals surface area contributed by atoms with E-state index >= 15 is 0 Å². The van der Waals surface area contributed by atoms with E-state index in [4.69, 9.17) is 5.73 Å². The molecule has 0 aliphatic heterocycles. The Hall–Kier alpha value is -2.20. The zero-order valence-corrected chi connectivity index (χ0v) is 11.4. The Morgan fingerprint density at radius 2 is 1.67 bits per heavy atom. The average molecular weight is 239 g/mol. The maximum atomic E-state index is 5.86. The van der Waals surface area contributed by atoms with Gasteiger partial charge in [0.25, 0.3) is 0 Å². The molecule has 18 heavy (non-hydrogen) atoms. The summed E-state index contributed by atoms with van der Waals surface area (Å²) in [6, 6.07) is 0. The van der Waals surface area contributed by atoms with Crippen LogP contribution in [0.25, 0.3) is 0 Å². The summed E-state index contributed by atoms with van der Waals surface area (Å²) < 4.78 is 0. The second kappa shape index (κ2) is 9.99. The number of nitrogens with two attached hydrogens (primary N) is 1. The quantitative estimate of drug-likeness (QED) is 0.581. The highest BCUT2D eigenvalue weighted by molar-refractivity contribution is 5.50. The Kier molecular flexibility index (Phi) is 8.77. The fraction of sp³-hybridized carbons (Fsp3) is 0.176. The van der Waals surface area contributed by atoms with Crippen LogP contribution in [0.2, 0.25) is 0 Å². The van der Waals surface area contributed by atoms with Crippen molar-refractivity contribution in [3.63, 3.8) is 0 Å². The van der Waals surface area contributed by atoms with Crippen LogP contribution in [-0.2, 0) is 0 Å². The van der Waals surface area contributed by atoms with E-state index in [2.05, 4.69) is 18.4 Å². The Balaban J connectivity index is 4.96. The van der Waals surface area contributed by atoms with Crippen LogP contribution >= 0.6 is 0 Å². The predicted octanol–water partition coefficient (Wildman–Crippen LogP) is 4.04. The third-order valence-electron chi connectivity index (χ3n) is 2.04. The zero-order valence-electron chi connectivity index (χ0n) is 11.4. The summed E-state index contributed by atoms with van der Waals surface area (Å²) in [4.78, 5) is 0. The van der Waals surface area contributed by atoms with Crippen molar-refractivity contribution in [2.24, 2.45) is 5.73 Å². The molecule has 0 radical (unpaired) electrons. The lowest BCUT2D eigenvalue weighted by Crippen LogP contribution is -1.98. The van der Waals surface area contributed by atoms with Crippen molar-refractivity contribution in [2.45, 2.75) is 20.8 Å². The van der Waals surface area contributed by atoms with E-state index in [1.54, 1.807) is 0 Å². The number of hydrogen-bond donors (Lipinski definition) is 1. The van der Waals surface area contributed by atoms with Gasteiger partial charge in [0.15, 0.2) is 0 Å². The molecule has 0 saturated carbocycles. The summed E-state index contributed by atoms with van der Waals surface area (Å²) >= 11 is 0. The maximum absolute atomic E-state index is 5.86. The van der Waals surface area contributed by atoms with Crippen molar-refractivity contribution < 1.29 is 0 Å². The maximum Gasteiger partial charge on any atom is 0.0475 e. The molecule has 0 saturated heterocycles. The molecule has 0 fully saturated rings. The molecule has 2 N–H and O–H groups in total. The third kappa shape index (κ3) is 7.14. The lowest BCUT2D eigenvalue weighted by Gasteiger charge is -1.97. The normalized spacial score (nSPS) is 13.3. The monoisotopic (exact) mass is 239 g/mol. The molecule has 0 aromatic carbocycles. The number of allylic oxidation sites excluding steroid dienone is 10. The molecule has 1 nitrogen and oxygen atoms in total. The molecule has 0 spiro atoms. The first-order valence-electron chi connectivity index (χ1n) is 5.91. The number of rotatable bonds is 4. The van der Waals surface area contributed by atoms with E-state index in [1.807, 2.05) is 69.4 Å². The summed E-state index contributed by atoms with van der Waals surface area (Å²) in [7, 11) is 0. The van der Waals surface area contributed by atoms with Crippen molar-refractivity contribution in [2.75, 3.05) is 0 Å². The van der Waals surface area contributed by atoms with Crippen LogP contribution < -0.4 is 5.73 Å². The minimum absolute atomic E-state index is 0.672. The van der Waals surface area contributed by atoms with Crippen molar-refractivity contribution in [3.8, 4) is 11.8 Å². The molecule has 1 heteroatoms. The first-order chi connectivity index (χ1) is 8.65. The Labute approximate surface area is 111 Å². The SMILES string of the molecule is C=C(C#CC(=C/C=C\C)/C(N)=C\C)/C=C\C=C/C. The fourth-order valence-electron chi connectivity index (χ4n) is 1.03. The van der Waals surface area contributed by atoms with E-state index in [-0.39, 0.29) is 0 Å². The molecule has 0 heterocycles. The van der Waals surface area contributed by atoms with Crippen LogP contribution in [-0.4, -0.2) is 0 Å². The molecule has 0 rings (SSSR count). The molecule has 0 atom stereocenters. The first-order valence-corrected chi connectivity index (χ1v) is 5.91. The molecule has 0 aromatic heterocycles. The Morgan fingerprint density at radius 3 is 2.22 bits per heavy atom. The highest BCUT2D eigenvalue weighted by atomic mass is 14.6. The van der Waals surface area contributed by atoms with Gasteiger partial charge >= 0.3 is 0 Å². The standard InChI is InChI=1S/C17H21N/c1-5-8-10-11-15(4)13-14-16(12-9-6-2)17(18)7-3/h5-12H,4,18H2,1-3H3/b8-5-,9-6-,11-10-,16-12-,17-7+. The van der Waals surface area contributed by atoms with Gasteiger partial charge in [-0.2, -0.15) is 0 Å². The second-order valence-electron chi connectivity index (χ2n) is 3.51. The topological polar surface area (TPSA) is 26.0 Å². The van der Waals surface area contributed by atoms with Gasteiger partial charge in [0, 0.05) is 16.8 Å². The third-order valence-corrected chi connectivity index (χ3v) is 2.04. The molecule has 0 aromatic rings. The van der Waals surface area contributed by atoms with E-state index in [0.29, 0.717) is 5.70 Å². The molecule has 0 aliphatic carbocycles. The van der Waals surface area contributed by atoms with Crippen molar-refractivity contribution in [3.05, 3.63) is 72.0 Å². The van der Waals surface area contributed by atoms with Crippen molar-refractivity contribution in [1.29, 1.82) is 0 Å². The molecule has 0 unspecified atom stereocenters. The van der Waals surface area contributed by atoms with E-state index in [1.165, 1.54) is 0 Å². The summed E-state index contributed by atoms with van der Waals surface area (Å²) in [5, 5.41) is 0.